The van der Waals surface area contributed by atoms with Gasteiger partial charge in [-0.05, 0) is 145 Å². The Bertz CT molecular complexity index is 1680. The van der Waals surface area contributed by atoms with E-state index in [4.69, 9.17) is 18.9 Å². The fourth-order valence-corrected chi connectivity index (χ4v) is 8.63. The summed E-state index contributed by atoms with van der Waals surface area (Å²) in [5.74, 6) is 6.87. The van der Waals surface area contributed by atoms with Crippen molar-refractivity contribution in [3.63, 3.8) is 0 Å². The van der Waals surface area contributed by atoms with Crippen LogP contribution in [-0.2, 0) is 28.6 Å². The van der Waals surface area contributed by atoms with Crippen LogP contribution in [0.5, 0.6) is 5.75 Å². The number of benzene rings is 2. The van der Waals surface area contributed by atoms with Gasteiger partial charge in [0.2, 0.25) is 0 Å². The lowest BCUT2D eigenvalue weighted by atomic mass is 9.67. The summed E-state index contributed by atoms with van der Waals surface area (Å²) in [7, 11) is 0. The number of carbonyl (C=O) groups excluding carboxylic acids is 4. The predicted molar refractivity (Wildman–Crippen MR) is 216 cm³/mol. The highest BCUT2D eigenvalue weighted by molar-refractivity contribution is 5.90. The quantitative estimate of drug-likeness (QED) is 0.0467. The lowest BCUT2D eigenvalue weighted by Crippen LogP contribution is -2.43. The van der Waals surface area contributed by atoms with Crippen LogP contribution < -0.4 is 4.74 Å². The first-order valence-corrected chi connectivity index (χ1v) is 21.1. The molecular weight excluding hydrogens is 705 g/mol. The molecule has 0 N–H and O–H groups in total. The van der Waals surface area contributed by atoms with Crippen molar-refractivity contribution in [3.05, 3.63) is 78.4 Å². The standard InChI is InChI=1S/C48H62O8/c1-6-8-10-13-36-16-18-37(19-17-36)38-29-32-48(33-30-38,31-28-35-14-11-9-12-15-35)56-46(52)41-24-26-42(27-25-41)54-45(51)40-22-20-39(21-23-40)44(50)53-34(3)47(4,5)55-43(49)7-2/h7,9,11-12,14-15,24-27,34,36-40H,2,6,8,10,13,16-23,29-30,32-33H2,1,3-5H3. The molecule has 0 aromatic heterocycles. The zero-order valence-electron chi connectivity index (χ0n) is 34.0. The summed E-state index contributed by atoms with van der Waals surface area (Å²) >= 11 is 0. The molecule has 1 unspecified atom stereocenters. The average Bonchev–Trinajstić information content (AvgIpc) is 3.21. The third-order valence-electron chi connectivity index (χ3n) is 12.6. The molecule has 0 aliphatic heterocycles. The van der Waals surface area contributed by atoms with Crippen LogP contribution in [0.15, 0.2) is 67.3 Å². The first kappa shape index (κ1) is 42.8. The second-order valence-electron chi connectivity index (χ2n) is 16.9. The Hall–Kier alpha value is -4.38. The highest BCUT2D eigenvalue weighted by atomic mass is 16.6. The van der Waals surface area contributed by atoms with E-state index in [-0.39, 0.29) is 23.8 Å². The molecule has 3 aliphatic rings. The highest BCUT2D eigenvalue weighted by Gasteiger charge is 2.41. The second-order valence-corrected chi connectivity index (χ2v) is 16.9. The molecule has 56 heavy (non-hydrogen) atoms. The summed E-state index contributed by atoms with van der Waals surface area (Å²) in [5.41, 5.74) is -0.597. The molecule has 0 heterocycles. The van der Waals surface area contributed by atoms with Gasteiger partial charge in [-0.1, -0.05) is 76.1 Å². The summed E-state index contributed by atoms with van der Waals surface area (Å²) in [6, 6.07) is 16.4. The zero-order valence-corrected chi connectivity index (χ0v) is 34.0. The summed E-state index contributed by atoms with van der Waals surface area (Å²) in [5, 5.41) is 0. The minimum atomic E-state index is -1.02. The van der Waals surface area contributed by atoms with Crippen LogP contribution >= 0.6 is 0 Å². The molecule has 0 amide bonds. The Morgan fingerprint density at radius 1 is 0.821 bits per heavy atom. The van der Waals surface area contributed by atoms with E-state index in [0.29, 0.717) is 42.9 Å². The molecule has 0 saturated heterocycles. The van der Waals surface area contributed by atoms with Gasteiger partial charge in [0.05, 0.1) is 17.4 Å². The van der Waals surface area contributed by atoms with Gasteiger partial charge >= 0.3 is 23.9 Å². The van der Waals surface area contributed by atoms with Gasteiger partial charge in [-0.3, -0.25) is 9.59 Å². The zero-order chi connectivity index (χ0) is 40.1. The third kappa shape index (κ3) is 12.1. The first-order valence-electron chi connectivity index (χ1n) is 21.1. The summed E-state index contributed by atoms with van der Waals surface area (Å²) in [4.78, 5) is 51.3. The maximum absolute atomic E-state index is 13.6. The summed E-state index contributed by atoms with van der Waals surface area (Å²) in [6.07, 6.45) is 16.5. The normalized spacial score (nSPS) is 25.7. The summed E-state index contributed by atoms with van der Waals surface area (Å²) in [6.45, 7) is 10.7. The monoisotopic (exact) mass is 766 g/mol. The van der Waals surface area contributed by atoms with Crippen molar-refractivity contribution < 1.29 is 38.1 Å². The average molecular weight is 767 g/mol. The summed E-state index contributed by atoms with van der Waals surface area (Å²) < 4.78 is 23.0. The van der Waals surface area contributed by atoms with Crippen molar-refractivity contribution in [3.8, 4) is 17.6 Å². The topological polar surface area (TPSA) is 105 Å². The Balaban J connectivity index is 1.12. The molecule has 2 aromatic rings. The van der Waals surface area contributed by atoms with Crippen molar-refractivity contribution in [2.45, 2.75) is 148 Å². The van der Waals surface area contributed by atoms with Gasteiger partial charge in [-0.15, -0.1) is 0 Å². The van der Waals surface area contributed by atoms with Gasteiger partial charge in [0.25, 0.3) is 0 Å². The van der Waals surface area contributed by atoms with Gasteiger partial charge in [0, 0.05) is 11.6 Å². The number of ether oxygens (including phenoxy) is 4. The van der Waals surface area contributed by atoms with Crippen LogP contribution in [-0.4, -0.2) is 41.2 Å². The number of unbranched alkanes of at least 4 members (excludes halogenated alkanes) is 2. The van der Waals surface area contributed by atoms with Gasteiger partial charge in [-0.2, -0.15) is 0 Å². The van der Waals surface area contributed by atoms with E-state index in [1.165, 1.54) is 51.4 Å². The highest BCUT2D eigenvalue weighted by Crippen LogP contribution is 2.44. The molecule has 1 atom stereocenters. The van der Waals surface area contributed by atoms with Gasteiger partial charge in [-0.25, -0.2) is 9.59 Å². The number of carbonyl (C=O) groups is 4. The van der Waals surface area contributed by atoms with Crippen LogP contribution in [0.2, 0.25) is 0 Å². The lowest BCUT2D eigenvalue weighted by Gasteiger charge is -2.41. The molecule has 3 aliphatic carbocycles. The minimum absolute atomic E-state index is 0.345. The molecule has 3 fully saturated rings. The lowest BCUT2D eigenvalue weighted by molar-refractivity contribution is -0.179. The molecule has 0 bridgehead atoms. The van der Waals surface area contributed by atoms with Crippen molar-refractivity contribution in [2.24, 2.45) is 29.6 Å². The maximum atomic E-state index is 13.6. The number of rotatable bonds is 14. The maximum Gasteiger partial charge on any atom is 0.339 e. The molecule has 0 spiro atoms. The fraction of sp³-hybridized carbons (Fsp3) is 0.583. The molecule has 302 valence electrons. The van der Waals surface area contributed by atoms with Crippen molar-refractivity contribution in [1.29, 1.82) is 0 Å². The smallest absolute Gasteiger partial charge is 0.339 e. The van der Waals surface area contributed by atoms with Crippen LogP contribution in [0.25, 0.3) is 0 Å². The van der Waals surface area contributed by atoms with Crippen LogP contribution in [0.4, 0.5) is 0 Å². The first-order chi connectivity index (χ1) is 26.9. The van der Waals surface area contributed by atoms with Crippen LogP contribution in [0.1, 0.15) is 146 Å². The van der Waals surface area contributed by atoms with Crippen molar-refractivity contribution in [1.82, 2.24) is 0 Å². The third-order valence-corrected chi connectivity index (χ3v) is 12.6. The Kier molecular flexibility index (Phi) is 15.4. The molecule has 5 rings (SSSR count). The van der Waals surface area contributed by atoms with E-state index in [1.807, 2.05) is 30.3 Å². The number of esters is 4. The largest absolute Gasteiger partial charge is 0.458 e. The van der Waals surface area contributed by atoms with Gasteiger partial charge in [0.15, 0.2) is 5.60 Å². The van der Waals surface area contributed by atoms with E-state index in [2.05, 4.69) is 25.3 Å². The van der Waals surface area contributed by atoms with E-state index in [0.717, 1.165) is 49.2 Å². The molecule has 8 heteroatoms. The van der Waals surface area contributed by atoms with E-state index in [1.54, 1.807) is 45.0 Å². The van der Waals surface area contributed by atoms with E-state index >= 15 is 0 Å². The van der Waals surface area contributed by atoms with Gasteiger partial charge in [0.1, 0.15) is 17.5 Å². The second kappa shape index (κ2) is 20.2. The molecule has 0 radical (unpaired) electrons. The Labute approximate surface area is 334 Å². The molecular formula is C48H62O8. The Morgan fingerprint density at radius 3 is 2.04 bits per heavy atom. The predicted octanol–water partition coefficient (Wildman–Crippen LogP) is 10.4. The minimum Gasteiger partial charge on any atom is -0.458 e. The molecule has 8 nitrogen and oxygen atoms in total. The van der Waals surface area contributed by atoms with E-state index in [9.17, 15) is 19.2 Å². The fourth-order valence-electron chi connectivity index (χ4n) is 8.63. The Morgan fingerprint density at radius 2 is 1.43 bits per heavy atom. The van der Waals surface area contributed by atoms with Crippen molar-refractivity contribution in [2.75, 3.05) is 0 Å². The van der Waals surface area contributed by atoms with Crippen LogP contribution in [0.3, 0.4) is 0 Å². The number of hydrogen-bond donors (Lipinski definition) is 0. The SMILES string of the molecule is C=CC(=O)OC(C)(C)C(C)OC(=O)C1CCC(C(=O)Oc2ccc(C(=O)OC3(C#Cc4ccccc4)CCC(C4CCC(CCCCC)CC4)CC3)cc2)CC1. The molecule has 2 aromatic carbocycles. The van der Waals surface area contributed by atoms with E-state index < -0.39 is 29.2 Å². The van der Waals surface area contributed by atoms with Crippen molar-refractivity contribution >= 4 is 23.9 Å². The molecule has 3 saturated carbocycles. The van der Waals surface area contributed by atoms with Crippen LogP contribution in [0, 0.1) is 41.4 Å². The number of hydrogen-bond acceptors (Lipinski definition) is 8. The van der Waals surface area contributed by atoms with Gasteiger partial charge < -0.3 is 18.9 Å².